The van der Waals surface area contributed by atoms with Gasteiger partial charge in [0, 0.05) is 32.1 Å². The molecule has 4 rings (SSSR count). The monoisotopic (exact) mass is 566 g/mol. The van der Waals surface area contributed by atoms with Gasteiger partial charge in [-0.3, -0.25) is 9.18 Å². The molecule has 0 aliphatic heterocycles. The minimum absolute atomic E-state index is 0. The third-order valence-corrected chi connectivity index (χ3v) is 4.12. The van der Waals surface area contributed by atoms with E-state index in [-0.39, 0.29) is 37.5 Å². The average Bonchev–Trinajstić information content (AvgIpc) is 2.67. The predicted octanol–water partition coefficient (Wildman–Crippen LogP) is 6.00. The summed E-state index contributed by atoms with van der Waals surface area (Å²) < 4.78 is 13.1. The van der Waals surface area contributed by atoms with Crippen molar-refractivity contribution >= 4 is 27.3 Å². The number of carbonyl (C=O) groups excluding carboxylic acids is 1. The van der Waals surface area contributed by atoms with Gasteiger partial charge >= 0.3 is 5.78 Å². The van der Waals surface area contributed by atoms with E-state index in [2.05, 4.69) is 35.3 Å². The Kier molecular flexibility index (Phi) is 7.77. The Labute approximate surface area is 182 Å². The Morgan fingerprint density at radius 2 is 1.76 bits per heavy atom. The molecule has 149 valence electrons. The van der Waals surface area contributed by atoms with Gasteiger partial charge in [0.15, 0.2) is 0 Å². The van der Waals surface area contributed by atoms with E-state index in [0.717, 1.165) is 22.0 Å². The SMILES string of the molecule is CC(=[OH+])/C=C(/C)O.Fc1c[c-]c(-c2nccc3c2ccc2ccccc23)cc1.[Ir]. The molecule has 0 saturated heterocycles. The van der Waals surface area contributed by atoms with Crippen molar-refractivity contribution in [1.82, 2.24) is 4.98 Å². The molecule has 1 aromatic heterocycles. The molecule has 0 aliphatic rings. The average molecular weight is 566 g/mol. The molecule has 5 heteroatoms. The Morgan fingerprint density at radius 3 is 2.38 bits per heavy atom. The summed E-state index contributed by atoms with van der Waals surface area (Å²) in [5.74, 6) is -0.0376. The van der Waals surface area contributed by atoms with Crippen LogP contribution in [0.3, 0.4) is 0 Å². The summed E-state index contributed by atoms with van der Waals surface area (Å²) in [6, 6.07) is 21.9. The van der Waals surface area contributed by atoms with E-state index in [9.17, 15) is 4.39 Å². The molecule has 0 atom stereocenters. The van der Waals surface area contributed by atoms with Gasteiger partial charge in [0.05, 0.1) is 18.8 Å². The fraction of sp³-hybridized carbons (Fsp3) is 0.0833. The summed E-state index contributed by atoms with van der Waals surface area (Å²) in [5.41, 5.74) is 1.63. The van der Waals surface area contributed by atoms with Crippen LogP contribution in [-0.2, 0) is 20.1 Å². The zero-order chi connectivity index (χ0) is 20.1. The smallest absolute Gasteiger partial charge is 0.316 e. The summed E-state index contributed by atoms with van der Waals surface area (Å²) in [6.07, 6.45) is 3.07. The van der Waals surface area contributed by atoms with Crippen molar-refractivity contribution in [2.45, 2.75) is 13.8 Å². The molecule has 3 aromatic carbocycles. The zero-order valence-electron chi connectivity index (χ0n) is 16.0. The minimum atomic E-state index is -0.288. The van der Waals surface area contributed by atoms with Gasteiger partial charge in [0.2, 0.25) is 0 Å². The van der Waals surface area contributed by atoms with Crippen LogP contribution in [0.2, 0.25) is 0 Å². The first-order valence-corrected chi connectivity index (χ1v) is 8.79. The van der Waals surface area contributed by atoms with E-state index in [1.165, 1.54) is 42.8 Å². The molecule has 0 fully saturated rings. The molecule has 4 aromatic rings. The number of allylic oxidation sites excluding steroid dienone is 2. The predicted molar refractivity (Wildman–Crippen MR) is 112 cm³/mol. The molecule has 0 unspecified atom stereocenters. The van der Waals surface area contributed by atoms with Crippen molar-refractivity contribution in [3.8, 4) is 11.3 Å². The van der Waals surface area contributed by atoms with Crippen molar-refractivity contribution in [3.05, 3.63) is 90.6 Å². The maximum absolute atomic E-state index is 13.1. The van der Waals surface area contributed by atoms with Gasteiger partial charge in [-0.15, -0.1) is 29.8 Å². The van der Waals surface area contributed by atoms with Gasteiger partial charge < -0.3 is 10.1 Å². The van der Waals surface area contributed by atoms with Gasteiger partial charge in [0.25, 0.3) is 0 Å². The van der Waals surface area contributed by atoms with E-state index in [4.69, 9.17) is 9.90 Å². The van der Waals surface area contributed by atoms with Crippen LogP contribution in [-0.4, -0.2) is 20.7 Å². The summed E-state index contributed by atoms with van der Waals surface area (Å²) in [5, 5.41) is 13.0. The van der Waals surface area contributed by atoms with Crippen LogP contribution in [0.5, 0.6) is 0 Å². The molecule has 0 spiro atoms. The number of ketones is 1. The van der Waals surface area contributed by atoms with E-state index in [1.54, 1.807) is 12.3 Å². The number of fused-ring (bicyclic) bond motifs is 3. The Bertz CT molecular complexity index is 1170. The van der Waals surface area contributed by atoms with Crippen LogP contribution in [0.1, 0.15) is 13.8 Å². The molecule has 0 amide bonds. The fourth-order valence-electron chi connectivity index (χ4n) is 3.01. The normalized spacial score (nSPS) is 10.8. The van der Waals surface area contributed by atoms with Gasteiger partial charge in [0.1, 0.15) is 0 Å². The van der Waals surface area contributed by atoms with Crippen molar-refractivity contribution in [2.24, 2.45) is 0 Å². The quantitative estimate of drug-likeness (QED) is 0.107. The van der Waals surface area contributed by atoms with Crippen molar-refractivity contribution in [2.75, 3.05) is 0 Å². The number of aliphatic hydroxyl groups is 1. The summed E-state index contributed by atoms with van der Waals surface area (Å²) >= 11 is 0. The minimum Gasteiger partial charge on any atom is -0.512 e. The third-order valence-electron chi connectivity index (χ3n) is 4.12. The molecule has 29 heavy (non-hydrogen) atoms. The zero-order valence-corrected chi connectivity index (χ0v) is 18.4. The van der Waals surface area contributed by atoms with E-state index < -0.39 is 0 Å². The van der Waals surface area contributed by atoms with Crippen LogP contribution in [0.4, 0.5) is 4.39 Å². The number of pyridine rings is 1. The van der Waals surface area contributed by atoms with Crippen LogP contribution in [0.15, 0.2) is 78.7 Å². The Morgan fingerprint density at radius 1 is 1.00 bits per heavy atom. The van der Waals surface area contributed by atoms with Gasteiger partial charge in [-0.1, -0.05) is 36.4 Å². The van der Waals surface area contributed by atoms with Crippen LogP contribution in [0.25, 0.3) is 32.8 Å². The van der Waals surface area contributed by atoms with E-state index in [1.807, 2.05) is 18.2 Å². The second-order valence-corrected chi connectivity index (χ2v) is 6.39. The molecular formula is C24H20FIrNO2. The number of benzene rings is 3. The van der Waals surface area contributed by atoms with Crippen LogP contribution in [0, 0.1) is 11.9 Å². The first kappa shape index (κ1) is 22.4. The van der Waals surface area contributed by atoms with Crippen molar-refractivity contribution in [3.63, 3.8) is 0 Å². The summed E-state index contributed by atoms with van der Waals surface area (Å²) in [7, 11) is 0. The molecule has 1 heterocycles. The standard InChI is InChI=1S/C19H11FN.C5H8O2.Ir/c20-15-8-5-14(6-9-15)19-18-10-7-13-3-1-2-4-16(13)17(18)11-12-21-19;1-4(6)3-5(2)7;/h1-5,7-12H;3,6H,1-2H3;/q-1;;/p+1/b;4-3-;. The maximum Gasteiger partial charge on any atom is 0.316 e. The number of rotatable bonds is 2. The molecule has 0 bridgehead atoms. The second-order valence-electron chi connectivity index (χ2n) is 6.39. The van der Waals surface area contributed by atoms with Gasteiger partial charge in [-0.05, 0) is 40.2 Å². The molecule has 2 N–H and O–H groups in total. The number of aromatic nitrogens is 1. The molecular weight excluding hydrogens is 545 g/mol. The molecule has 3 nitrogen and oxygen atoms in total. The molecule has 0 saturated carbocycles. The van der Waals surface area contributed by atoms with Gasteiger partial charge in [-0.2, -0.15) is 0 Å². The van der Waals surface area contributed by atoms with E-state index >= 15 is 0 Å². The van der Waals surface area contributed by atoms with E-state index in [0.29, 0.717) is 0 Å². The first-order chi connectivity index (χ1) is 13.5. The Hall–Kier alpha value is -2.88. The maximum atomic E-state index is 13.1. The largest absolute Gasteiger partial charge is 0.512 e. The molecule has 1 radical (unpaired) electrons. The van der Waals surface area contributed by atoms with Gasteiger partial charge in [-0.25, -0.2) is 0 Å². The Balaban J connectivity index is 0.000000327. The number of halogens is 1. The summed E-state index contributed by atoms with van der Waals surface area (Å²) in [4.78, 5) is 12.9. The third kappa shape index (κ3) is 5.56. The van der Waals surface area contributed by atoms with Crippen LogP contribution >= 0.6 is 0 Å². The number of nitrogens with zero attached hydrogens (tertiary/aromatic N) is 1. The first-order valence-electron chi connectivity index (χ1n) is 8.79. The van der Waals surface area contributed by atoms with Crippen LogP contribution < -0.4 is 0 Å². The second kappa shape index (κ2) is 10.1. The number of aliphatic hydroxyl groups excluding tert-OH is 1. The molecule has 0 aliphatic carbocycles. The topological polar surface area (TPSA) is 54.5 Å². The number of hydrogen-bond acceptors (Lipinski definition) is 2. The fourth-order valence-corrected chi connectivity index (χ4v) is 3.01. The summed E-state index contributed by atoms with van der Waals surface area (Å²) in [6.45, 7) is 3.00. The van der Waals surface area contributed by atoms with Crippen molar-refractivity contribution < 1.29 is 34.4 Å². The number of hydrogen-bond donors (Lipinski definition) is 1. The van der Waals surface area contributed by atoms with Crippen molar-refractivity contribution in [1.29, 1.82) is 0 Å².